The van der Waals surface area contributed by atoms with Crippen molar-refractivity contribution in [3.63, 3.8) is 0 Å². The zero-order valence-corrected chi connectivity index (χ0v) is 18.6. The van der Waals surface area contributed by atoms with Crippen LogP contribution >= 0.6 is 0 Å². The minimum atomic E-state index is 0.0192. The van der Waals surface area contributed by atoms with E-state index in [9.17, 15) is 4.79 Å². The molecule has 4 heterocycles. The fourth-order valence-corrected chi connectivity index (χ4v) is 4.39. The number of likely N-dealkylation sites (tertiary alicyclic amines) is 1. The molecule has 4 aromatic rings. The van der Waals surface area contributed by atoms with Crippen molar-refractivity contribution in [2.45, 2.75) is 12.5 Å². The first-order valence-corrected chi connectivity index (χ1v) is 10.8. The smallest absolute Gasteiger partial charge is 0.272 e. The number of nitrogens with zero attached hydrogens (tertiary/aromatic N) is 5. The maximum absolute atomic E-state index is 13.3. The van der Waals surface area contributed by atoms with Crippen LogP contribution in [0.1, 0.15) is 16.9 Å². The Balaban J connectivity index is 1.51. The Bertz CT molecular complexity index is 1270. The zero-order chi connectivity index (χ0) is 22.2. The van der Waals surface area contributed by atoms with Gasteiger partial charge in [0, 0.05) is 30.8 Å². The molecule has 1 atom stereocenters. The topological polar surface area (TPSA) is 55.0 Å². The van der Waals surface area contributed by atoms with Gasteiger partial charge in [0.2, 0.25) is 0 Å². The lowest BCUT2D eigenvalue weighted by molar-refractivity contribution is 0.0774. The number of carbonyl (C=O) groups excluding carboxylic acids is 1. The molecule has 1 aliphatic heterocycles. The minimum Gasteiger partial charge on any atom is -0.497 e. The molecule has 164 valence electrons. The molecular formula is C25H27N5O2. The highest BCUT2D eigenvalue weighted by Crippen LogP contribution is 2.26. The maximum atomic E-state index is 13.3. The van der Waals surface area contributed by atoms with Gasteiger partial charge in [-0.3, -0.25) is 4.79 Å². The summed E-state index contributed by atoms with van der Waals surface area (Å²) in [5.74, 6) is 1.67. The minimum absolute atomic E-state index is 0.0192. The van der Waals surface area contributed by atoms with E-state index in [2.05, 4.69) is 52.9 Å². The molecule has 1 amide bonds. The quantitative estimate of drug-likeness (QED) is 0.487. The number of hydrogen-bond acceptors (Lipinski definition) is 4. The van der Waals surface area contributed by atoms with E-state index in [1.54, 1.807) is 24.1 Å². The number of pyridine rings is 1. The monoisotopic (exact) mass is 429 g/mol. The third kappa shape index (κ3) is 3.54. The number of benzene rings is 1. The second-order valence-corrected chi connectivity index (χ2v) is 8.42. The SMILES string of the molecule is COc1cccc(-c2ccc3ccc(-n4nccc4C(=O)N4CCC(N(C)C)C4)n3c2)c1. The summed E-state index contributed by atoms with van der Waals surface area (Å²) < 4.78 is 9.20. The number of methoxy groups -OCH3 is 1. The Morgan fingerprint density at radius 2 is 1.94 bits per heavy atom. The third-order valence-electron chi connectivity index (χ3n) is 6.29. The molecule has 0 bridgehead atoms. The number of rotatable bonds is 5. The number of hydrogen-bond donors (Lipinski definition) is 0. The number of carbonyl (C=O) groups is 1. The first-order valence-electron chi connectivity index (χ1n) is 10.8. The molecule has 1 fully saturated rings. The van der Waals surface area contributed by atoms with Gasteiger partial charge in [-0.2, -0.15) is 5.10 Å². The van der Waals surface area contributed by atoms with Crippen LogP contribution < -0.4 is 4.74 Å². The molecule has 7 heteroatoms. The van der Waals surface area contributed by atoms with E-state index in [-0.39, 0.29) is 5.91 Å². The van der Waals surface area contributed by atoms with E-state index in [4.69, 9.17) is 4.74 Å². The van der Waals surface area contributed by atoms with Crippen LogP contribution in [0.3, 0.4) is 0 Å². The standard InChI is InChI=1S/C25H27N5O2/c1-27(2)21-12-14-28(17-21)25(31)23-11-13-26-30(23)24-10-9-20-8-7-19(16-29(20)24)18-5-4-6-22(15-18)32-3/h4-11,13,15-16,21H,12,14,17H2,1-3H3. The van der Waals surface area contributed by atoms with Crippen LogP contribution in [-0.4, -0.2) is 70.2 Å². The summed E-state index contributed by atoms with van der Waals surface area (Å²) in [6, 6.07) is 18.4. The van der Waals surface area contributed by atoms with Gasteiger partial charge < -0.3 is 18.9 Å². The summed E-state index contributed by atoms with van der Waals surface area (Å²) >= 11 is 0. The molecule has 1 saturated heterocycles. The number of fused-ring (bicyclic) bond motifs is 1. The summed E-state index contributed by atoms with van der Waals surface area (Å²) in [6.07, 6.45) is 4.76. The normalized spacial score (nSPS) is 16.2. The summed E-state index contributed by atoms with van der Waals surface area (Å²) in [5, 5.41) is 4.50. The molecule has 0 aliphatic carbocycles. The van der Waals surface area contributed by atoms with E-state index in [0.29, 0.717) is 11.7 Å². The highest BCUT2D eigenvalue weighted by molar-refractivity contribution is 5.93. The van der Waals surface area contributed by atoms with Gasteiger partial charge in [-0.1, -0.05) is 18.2 Å². The van der Waals surface area contributed by atoms with Crippen LogP contribution in [0.25, 0.3) is 22.5 Å². The summed E-state index contributed by atoms with van der Waals surface area (Å²) in [4.78, 5) is 17.4. The second kappa shape index (κ2) is 8.16. The van der Waals surface area contributed by atoms with Crippen molar-refractivity contribution in [2.75, 3.05) is 34.3 Å². The fraction of sp³-hybridized carbons (Fsp3) is 0.280. The number of amides is 1. The van der Waals surface area contributed by atoms with E-state index in [0.717, 1.165) is 47.7 Å². The molecule has 1 unspecified atom stereocenters. The second-order valence-electron chi connectivity index (χ2n) is 8.42. The van der Waals surface area contributed by atoms with Crippen LogP contribution in [0.4, 0.5) is 0 Å². The third-order valence-corrected chi connectivity index (χ3v) is 6.29. The van der Waals surface area contributed by atoms with Gasteiger partial charge in [0.25, 0.3) is 5.91 Å². The Morgan fingerprint density at radius 1 is 1.09 bits per heavy atom. The Hall–Kier alpha value is -3.58. The molecule has 1 aliphatic rings. The average molecular weight is 430 g/mol. The van der Waals surface area contributed by atoms with Gasteiger partial charge in [0.1, 0.15) is 17.3 Å². The zero-order valence-electron chi connectivity index (χ0n) is 18.6. The molecule has 3 aromatic heterocycles. The van der Waals surface area contributed by atoms with E-state index in [1.165, 1.54) is 0 Å². The van der Waals surface area contributed by atoms with Crippen molar-refractivity contribution in [1.29, 1.82) is 0 Å². The lowest BCUT2D eigenvalue weighted by Gasteiger charge is -2.20. The first kappa shape index (κ1) is 20.3. The van der Waals surface area contributed by atoms with Crippen molar-refractivity contribution in [3.05, 3.63) is 72.7 Å². The van der Waals surface area contributed by atoms with E-state index >= 15 is 0 Å². The Labute approximate surface area is 187 Å². The van der Waals surface area contributed by atoms with Gasteiger partial charge in [-0.15, -0.1) is 0 Å². The largest absolute Gasteiger partial charge is 0.497 e. The van der Waals surface area contributed by atoms with Crippen molar-refractivity contribution in [1.82, 2.24) is 24.0 Å². The molecule has 0 saturated carbocycles. The van der Waals surface area contributed by atoms with Gasteiger partial charge in [-0.05, 0) is 68.0 Å². The lowest BCUT2D eigenvalue weighted by atomic mass is 10.1. The summed E-state index contributed by atoms with van der Waals surface area (Å²) in [6.45, 7) is 1.51. The predicted octanol–water partition coefficient (Wildman–Crippen LogP) is 3.58. The summed E-state index contributed by atoms with van der Waals surface area (Å²) in [7, 11) is 5.80. The molecule has 7 nitrogen and oxygen atoms in total. The maximum Gasteiger partial charge on any atom is 0.272 e. The number of ether oxygens (including phenoxy) is 1. The Morgan fingerprint density at radius 3 is 2.72 bits per heavy atom. The highest BCUT2D eigenvalue weighted by Gasteiger charge is 2.30. The number of likely N-dealkylation sites (N-methyl/N-ethyl adjacent to an activating group) is 1. The highest BCUT2D eigenvalue weighted by atomic mass is 16.5. The fourth-order valence-electron chi connectivity index (χ4n) is 4.39. The molecule has 5 rings (SSSR count). The summed E-state index contributed by atoms with van der Waals surface area (Å²) in [5.41, 5.74) is 3.74. The molecule has 32 heavy (non-hydrogen) atoms. The molecule has 1 aromatic carbocycles. The van der Waals surface area contributed by atoms with Crippen LogP contribution in [0.5, 0.6) is 5.75 Å². The van der Waals surface area contributed by atoms with Crippen molar-refractivity contribution in [3.8, 4) is 22.7 Å². The van der Waals surface area contributed by atoms with Crippen molar-refractivity contribution >= 4 is 11.4 Å². The van der Waals surface area contributed by atoms with Gasteiger partial charge >= 0.3 is 0 Å². The molecule has 0 N–H and O–H groups in total. The van der Waals surface area contributed by atoms with Crippen LogP contribution in [0.2, 0.25) is 0 Å². The van der Waals surface area contributed by atoms with E-state index in [1.807, 2.05) is 35.2 Å². The van der Waals surface area contributed by atoms with Crippen LogP contribution in [0.15, 0.2) is 67.0 Å². The lowest BCUT2D eigenvalue weighted by Crippen LogP contribution is -2.35. The number of aromatic nitrogens is 3. The van der Waals surface area contributed by atoms with Crippen molar-refractivity contribution in [2.24, 2.45) is 0 Å². The first-order chi connectivity index (χ1) is 15.5. The predicted molar refractivity (Wildman–Crippen MR) is 125 cm³/mol. The average Bonchev–Trinajstić information content (AvgIpc) is 3.57. The van der Waals surface area contributed by atoms with Gasteiger partial charge in [0.05, 0.1) is 13.3 Å². The molecular weight excluding hydrogens is 402 g/mol. The van der Waals surface area contributed by atoms with Crippen LogP contribution in [0, 0.1) is 0 Å². The van der Waals surface area contributed by atoms with E-state index < -0.39 is 0 Å². The molecule has 0 radical (unpaired) electrons. The molecule has 0 spiro atoms. The van der Waals surface area contributed by atoms with Gasteiger partial charge in [-0.25, -0.2) is 4.68 Å². The van der Waals surface area contributed by atoms with Gasteiger partial charge in [0.15, 0.2) is 0 Å². The van der Waals surface area contributed by atoms with Crippen molar-refractivity contribution < 1.29 is 9.53 Å². The Kier molecular flexibility index (Phi) is 5.19. The van der Waals surface area contributed by atoms with Crippen LogP contribution in [-0.2, 0) is 0 Å².